The van der Waals surface area contributed by atoms with Gasteiger partial charge in [0.1, 0.15) is 0 Å². The lowest BCUT2D eigenvalue weighted by Crippen LogP contribution is -2.14. The van der Waals surface area contributed by atoms with E-state index in [0.717, 1.165) is 17.0 Å². The van der Waals surface area contributed by atoms with E-state index in [2.05, 4.69) is 49.5 Å². The van der Waals surface area contributed by atoms with Crippen molar-refractivity contribution in [2.24, 2.45) is 0 Å². The van der Waals surface area contributed by atoms with Gasteiger partial charge in [-0.15, -0.1) is 0 Å². The maximum atomic E-state index is 6.18. The van der Waals surface area contributed by atoms with E-state index >= 15 is 0 Å². The van der Waals surface area contributed by atoms with Gasteiger partial charge in [-0.05, 0) is 48.7 Å². The van der Waals surface area contributed by atoms with Gasteiger partial charge in [0.2, 0.25) is 0 Å². The molecule has 2 rings (SSSR count). The first-order valence-electron chi connectivity index (χ1n) is 6.70. The SMILES string of the molecule is CCC(NC)c1ccc(-c2cccc(Cl)c2C)cc1. The van der Waals surface area contributed by atoms with E-state index in [1.807, 2.05) is 19.2 Å². The van der Waals surface area contributed by atoms with Crippen molar-refractivity contribution in [2.45, 2.75) is 26.3 Å². The number of nitrogens with one attached hydrogen (secondary N) is 1. The van der Waals surface area contributed by atoms with Crippen LogP contribution < -0.4 is 5.32 Å². The minimum Gasteiger partial charge on any atom is -0.313 e. The molecule has 1 atom stereocenters. The maximum Gasteiger partial charge on any atom is 0.0441 e. The Morgan fingerprint density at radius 2 is 1.79 bits per heavy atom. The molecule has 0 saturated heterocycles. The second kappa shape index (κ2) is 6.23. The quantitative estimate of drug-likeness (QED) is 0.828. The highest BCUT2D eigenvalue weighted by Crippen LogP contribution is 2.29. The van der Waals surface area contributed by atoms with E-state index in [0.29, 0.717) is 6.04 Å². The van der Waals surface area contributed by atoms with Crippen molar-refractivity contribution in [3.05, 3.63) is 58.6 Å². The summed E-state index contributed by atoms with van der Waals surface area (Å²) in [5.74, 6) is 0. The van der Waals surface area contributed by atoms with Gasteiger partial charge in [0.05, 0.1) is 0 Å². The van der Waals surface area contributed by atoms with Crippen LogP contribution in [0.2, 0.25) is 5.02 Å². The lowest BCUT2D eigenvalue weighted by Gasteiger charge is -2.15. The standard InChI is InChI=1S/C17H20ClN/c1-4-17(19-3)14-10-8-13(9-11-14)15-6-5-7-16(18)12(15)2/h5-11,17,19H,4H2,1-3H3. The minimum atomic E-state index is 0.425. The average molecular weight is 274 g/mol. The van der Waals surface area contributed by atoms with Gasteiger partial charge >= 0.3 is 0 Å². The van der Waals surface area contributed by atoms with Gasteiger partial charge in [-0.25, -0.2) is 0 Å². The zero-order chi connectivity index (χ0) is 13.8. The lowest BCUT2D eigenvalue weighted by molar-refractivity contribution is 0.577. The molecular formula is C17H20ClN. The molecule has 0 radical (unpaired) electrons. The van der Waals surface area contributed by atoms with Crippen LogP contribution in [-0.4, -0.2) is 7.05 Å². The Morgan fingerprint density at radius 1 is 1.11 bits per heavy atom. The maximum absolute atomic E-state index is 6.18. The first kappa shape index (κ1) is 14.1. The molecule has 0 aliphatic carbocycles. The summed E-state index contributed by atoms with van der Waals surface area (Å²) < 4.78 is 0. The fourth-order valence-electron chi connectivity index (χ4n) is 2.42. The highest BCUT2D eigenvalue weighted by Gasteiger charge is 2.08. The van der Waals surface area contributed by atoms with Gasteiger partial charge < -0.3 is 5.32 Å². The van der Waals surface area contributed by atoms with Crippen LogP contribution in [0, 0.1) is 6.92 Å². The number of rotatable bonds is 4. The van der Waals surface area contributed by atoms with Crippen LogP contribution in [0.3, 0.4) is 0 Å². The molecule has 0 amide bonds. The van der Waals surface area contributed by atoms with Gasteiger partial charge in [-0.1, -0.05) is 54.9 Å². The van der Waals surface area contributed by atoms with Crippen molar-refractivity contribution in [3.63, 3.8) is 0 Å². The van der Waals surface area contributed by atoms with Crippen molar-refractivity contribution < 1.29 is 0 Å². The van der Waals surface area contributed by atoms with Crippen LogP contribution in [0.4, 0.5) is 0 Å². The molecule has 0 aliphatic rings. The van der Waals surface area contributed by atoms with Gasteiger partial charge in [0, 0.05) is 11.1 Å². The third-order valence-electron chi connectivity index (χ3n) is 3.65. The zero-order valence-electron chi connectivity index (χ0n) is 11.7. The highest BCUT2D eigenvalue weighted by molar-refractivity contribution is 6.31. The van der Waals surface area contributed by atoms with Gasteiger partial charge in [-0.2, -0.15) is 0 Å². The van der Waals surface area contributed by atoms with Crippen LogP contribution >= 0.6 is 11.6 Å². The molecule has 2 aromatic rings. The lowest BCUT2D eigenvalue weighted by atomic mass is 9.97. The first-order chi connectivity index (χ1) is 9.17. The van der Waals surface area contributed by atoms with E-state index in [1.165, 1.54) is 16.7 Å². The third kappa shape index (κ3) is 2.99. The Balaban J connectivity index is 2.35. The summed E-state index contributed by atoms with van der Waals surface area (Å²) in [6.45, 7) is 4.25. The van der Waals surface area contributed by atoms with E-state index in [9.17, 15) is 0 Å². The van der Waals surface area contributed by atoms with Crippen LogP contribution in [0.1, 0.15) is 30.5 Å². The highest BCUT2D eigenvalue weighted by atomic mass is 35.5. The van der Waals surface area contributed by atoms with Crippen LogP contribution in [0.25, 0.3) is 11.1 Å². The molecule has 1 N–H and O–H groups in total. The molecule has 2 heteroatoms. The second-order valence-electron chi connectivity index (χ2n) is 4.78. The first-order valence-corrected chi connectivity index (χ1v) is 7.08. The predicted molar refractivity (Wildman–Crippen MR) is 83.7 cm³/mol. The normalized spacial score (nSPS) is 12.4. The molecule has 2 aromatic carbocycles. The summed E-state index contributed by atoms with van der Waals surface area (Å²) in [5, 5.41) is 4.15. The molecular weight excluding hydrogens is 254 g/mol. The zero-order valence-corrected chi connectivity index (χ0v) is 12.5. The molecule has 0 fully saturated rings. The Bertz CT molecular complexity index is 542. The summed E-state index contributed by atoms with van der Waals surface area (Å²) in [4.78, 5) is 0. The smallest absolute Gasteiger partial charge is 0.0441 e. The monoisotopic (exact) mass is 273 g/mol. The van der Waals surface area contributed by atoms with E-state index < -0.39 is 0 Å². The largest absolute Gasteiger partial charge is 0.313 e. The van der Waals surface area contributed by atoms with Crippen molar-refractivity contribution in [2.75, 3.05) is 7.05 Å². The average Bonchev–Trinajstić information content (AvgIpc) is 2.44. The molecule has 1 nitrogen and oxygen atoms in total. The number of hydrogen-bond donors (Lipinski definition) is 1. The number of hydrogen-bond acceptors (Lipinski definition) is 1. The summed E-state index contributed by atoms with van der Waals surface area (Å²) in [6.07, 6.45) is 1.09. The van der Waals surface area contributed by atoms with Gasteiger partial charge in [0.25, 0.3) is 0 Å². The number of halogens is 1. The van der Waals surface area contributed by atoms with Crippen LogP contribution in [-0.2, 0) is 0 Å². The van der Waals surface area contributed by atoms with Gasteiger partial charge in [-0.3, -0.25) is 0 Å². The predicted octanol–water partition coefficient (Wildman–Crippen LogP) is 4.99. The molecule has 0 aromatic heterocycles. The fourth-order valence-corrected chi connectivity index (χ4v) is 2.60. The summed E-state index contributed by atoms with van der Waals surface area (Å²) in [7, 11) is 2.00. The number of benzene rings is 2. The Morgan fingerprint density at radius 3 is 2.37 bits per heavy atom. The van der Waals surface area contributed by atoms with Crippen molar-refractivity contribution in [1.82, 2.24) is 5.32 Å². The summed E-state index contributed by atoms with van der Waals surface area (Å²) in [5.41, 5.74) is 4.89. The van der Waals surface area contributed by atoms with Crippen LogP contribution in [0.5, 0.6) is 0 Å². The minimum absolute atomic E-state index is 0.425. The fraction of sp³-hybridized carbons (Fsp3) is 0.294. The van der Waals surface area contributed by atoms with Crippen molar-refractivity contribution in [3.8, 4) is 11.1 Å². The van der Waals surface area contributed by atoms with E-state index in [1.54, 1.807) is 0 Å². The topological polar surface area (TPSA) is 12.0 Å². The van der Waals surface area contributed by atoms with Crippen molar-refractivity contribution in [1.29, 1.82) is 0 Å². The molecule has 0 bridgehead atoms. The Kier molecular flexibility index (Phi) is 4.62. The molecule has 0 heterocycles. The molecule has 1 unspecified atom stereocenters. The van der Waals surface area contributed by atoms with Gasteiger partial charge in [0.15, 0.2) is 0 Å². The molecule has 0 saturated carbocycles. The molecule has 100 valence electrons. The molecule has 0 spiro atoms. The second-order valence-corrected chi connectivity index (χ2v) is 5.19. The summed E-state index contributed by atoms with van der Waals surface area (Å²) in [6, 6.07) is 15.2. The summed E-state index contributed by atoms with van der Waals surface area (Å²) >= 11 is 6.18. The van der Waals surface area contributed by atoms with Crippen LogP contribution in [0.15, 0.2) is 42.5 Å². The Labute approximate surface area is 120 Å². The molecule has 0 aliphatic heterocycles. The van der Waals surface area contributed by atoms with E-state index in [-0.39, 0.29) is 0 Å². The third-order valence-corrected chi connectivity index (χ3v) is 4.06. The molecule has 19 heavy (non-hydrogen) atoms. The van der Waals surface area contributed by atoms with E-state index in [4.69, 9.17) is 11.6 Å². The van der Waals surface area contributed by atoms with Crippen molar-refractivity contribution >= 4 is 11.6 Å². The Hall–Kier alpha value is -1.31.